The molecule has 1 saturated heterocycles. The van der Waals surface area contributed by atoms with E-state index >= 15 is 0 Å². The lowest BCUT2D eigenvalue weighted by Gasteiger charge is -2.40. The third-order valence-electron chi connectivity index (χ3n) is 10.7. The fraction of sp³-hybridized carbons (Fsp3) is 0.474. The van der Waals surface area contributed by atoms with Gasteiger partial charge in [-0.2, -0.15) is 13.2 Å². The highest BCUT2D eigenvalue weighted by Crippen LogP contribution is 2.50. The van der Waals surface area contributed by atoms with E-state index in [4.69, 9.17) is 4.74 Å². The Morgan fingerprint density at radius 3 is 2.21 bits per heavy atom. The van der Waals surface area contributed by atoms with Gasteiger partial charge in [0.15, 0.2) is 0 Å². The average Bonchev–Trinajstić information content (AvgIpc) is 3.10. The van der Waals surface area contributed by atoms with Gasteiger partial charge in [0.2, 0.25) is 5.91 Å². The quantitative estimate of drug-likeness (QED) is 0.292. The Hall–Kier alpha value is -4.05. The standard InChI is InChI=1S/C38H43F3N4O3/c39-38(40,41)26-42-36(47)37(31-11-4-6-13-33(31)48-34-14-7-5-12-32(34)37)18-8-19-43-21-23-44(24-22-43)29-16-15-27-17-20-45(35(46)30(27)25-29)28-9-2-1-3-10-28/h4-7,11-16,25,28H,1-3,8-10,17-24,26H2,(H,42,47). The van der Waals surface area contributed by atoms with Crippen LogP contribution in [0.3, 0.4) is 0 Å². The van der Waals surface area contributed by atoms with Crippen molar-refractivity contribution in [1.29, 1.82) is 0 Å². The lowest BCUT2D eigenvalue weighted by atomic mass is 9.68. The third-order valence-corrected chi connectivity index (χ3v) is 10.7. The Balaban J connectivity index is 1.03. The molecule has 7 nitrogen and oxygen atoms in total. The Kier molecular flexibility index (Phi) is 9.11. The van der Waals surface area contributed by atoms with Crippen LogP contribution in [0.1, 0.15) is 72.0 Å². The molecular weight excluding hydrogens is 617 g/mol. The Bertz CT molecular complexity index is 1600. The number of amides is 2. The highest BCUT2D eigenvalue weighted by molar-refractivity contribution is 5.98. The molecule has 0 spiro atoms. The van der Waals surface area contributed by atoms with Crippen molar-refractivity contribution in [2.75, 3.05) is 50.7 Å². The molecule has 0 bridgehead atoms. The van der Waals surface area contributed by atoms with Crippen LogP contribution in [-0.2, 0) is 16.6 Å². The van der Waals surface area contributed by atoms with E-state index < -0.39 is 24.0 Å². The SMILES string of the molecule is O=C1c2cc(N3CCN(CCCC4(C(=O)NCC(F)(F)F)c5ccccc5Oc5ccccc54)CC3)ccc2CCN1C1CCCCC1. The minimum Gasteiger partial charge on any atom is -0.457 e. The van der Waals surface area contributed by atoms with Crippen molar-refractivity contribution in [3.05, 3.63) is 89.0 Å². The highest BCUT2D eigenvalue weighted by atomic mass is 19.4. The summed E-state index contributed by atoms with van der Waals surface area (Å²) in [5.74, 6) is 0.472. The number of fused-ring (bicyclic) bond motifs is 3. The number of rotatable bonds is 8. The highest BCUT2D eigenvalue weighted by Gasteiger charge is 2.48. The summed E-state index contributed by atoms with van der Waals surface area (Å²) in [7, 11) is 0. The number of hydrogen-bond acceptors (Lipinski definition) is 5. The van der Waals surface area contributed by atoms with Crippen molar-refractivity contribution in [3.8, 4) is 11.5 Å². The predicted molar refractivity (Wildman–Crippen MR) is 179 cm³/mol. The number of nitrogens with zero attached hydrogens (tertiary/aromatic N) is 3. The Labute approximate surface area is 280 Å². The molecule has 10 heteroatoms. The molecular formula is C38H43F3N4O3. The van der Waals surface area contributed by atoms with Crippen LogP contribution in [0.2, 0.25) is 0 Å². The second-order valence-corrected chi connectivity index (χ2v) is 13.6. The van der Waals surface area contributed by atoms with Crippen LogP contribution in [0.15, 0.2) is 66.7 Å². The maximum absolute atomic E-state index is 13.9. The van der Waals surface area contributed by atoms with E-state index in [1.165, 1.54) is 19.3 Å². The summed E-state index contributed by atoms with van der Waals surface area (Å²) in [5, 5.41) is 2.21. The minimum absolute atomic E-state index is 0.174. The lowest BCUT2D eigenvalue weighted by Crippen LogP contribution is -2.50. The molecule has 3 aromatic rings. The van der Waals surface area contributed by atoms with E-state index in [0.29, 0.717) is 48.1 Å². The van der Waals surface area contributed by atoms with Crippen molar-refractivity contribution in [3.63, 3.8) is 0 Å². The summed E-state index contributed by atoms with van der Waals surface area (Å²) in [6.07, 6.45) is 3.19. The molecule has 3 heterocycles. The molecule has 2 fully saturated rings. The van der Waals surface area contributed by atoms with Crippen molar-refractivity contribution < 1.29 is 27.5 Å². The summed E-state index contributed by atoms with van der Waals surface area (Å²) >= 11 is 0. The number of alkyl halides is 3. The van der Waals surface area contributed by atoms with Gasteiger partial charge in [0, 0.05) is 61.1 Å². The molecule has 0 unspecified atom stereocenters. The zero-order chi connectivity index (χ0) is 33.3. The number of piperazine rings is 1. The fourth-order valence-electron chi connectivity index (χ4n) is 8.25. The van der Waals surface area contributed by atoms with Gasteiger partial charge in [-0.15, -0.1) is 0 Å². The molecule has 1 saturated carbocycles. The molecule has 1 aliphatic carbocycles. The van der Waals surface area contributed by atoms with Gasteiger partial charge >= 0.3 is 6.18 Å². The first kappa shape index (κ1) is 32.5. The molecule has 0 aromatic heterocycles. The summed E-state index contributed by atoms with van der Waals surface area (Å²) in [6.45, 7) is 3.33. The first-order valence-corrected chi connectivity index (χ1v) is 17.4. The Morgan fingerprint density at radius 1 is 0.875 bits per heavy atom. The molecule has 254 valence electrons. The van der Waals surface area contributed by atoms with Crippen LogP contribution in [0.25, 0.3) is 0 Å². The van der Waals surface area contributed by atoms with Crippen molar-refractivity contribution in [1.82, 2.24) is 15.1 Å². The molecule has 48 heavy (non-hydrogen) atoms. The van der Waals surface area contributed by atoms with E-state index in [2.05, 4.69) is 38.2 Å². The van der Waals surface area contributed by atoms with Crippen LogP contribution >= 0.6 is 0 Å². The lowest BCUT2D eigenvalue weighted by molar-refractivity contribution is -0.141. The first-order valence-electron chi connectivity index (χ1n) is 17.4. The number of halogens is 3. The minimum atomic E-state index is -4.53. The molecule has 0 atom stereocenters. The van der Waals surface area contributed by atoms with Gasteiger partial charge in [0.1, 0.15) is 23.5 Å². The monoisotopic (exact) mass is 660 g/mol. The third kappa shape index (κ3) is 6.39. The zero-order valence-electron chi connectivity index (χ0n) is 27.2. The second kappa shape index (κ2) is 13.5. The van der Waals surface area contributed by atoms with E-state index in [1.54, 1.807) is 48.5 Å². The van der Waals surface area contributed by atoms with Gasteiger partial charge < -0.3 is 19.9 Å². The number of nitrogens with one attached hydrogen (secondary N) is 1. The van der Waals surface area contributed by atoms with E-state index in [9.17, 15) is 22.8 Å². The summed E-state index contributed by atoms with van der Waals surface area (Å²) in [5.41, 5.74) is 2.90. The van der Waals surface area contributed by atoms with E-state index in [1.807, 2.05) is 0 Å². The number of anilines is 1. The van der Waals surface area contributed by atoms with Gasteiger partial charge in [-0.25, -0.2) is 0 Å². The van der Waals surface area contributed by atoms with E-state index in [-0.39, 0.29) is 5.91 Å². The largest absolute Gasteiger partial charge is 0.457 e. The van der Waals surface area contributed by atoms with Gasteiger partial charge in [0.05, 0.1) is 0 Å². The van der Waals surface area contributed by atoms with E-state index in [0.717, 1.165) is 68.8 Å². The summed E-state index contributed by atoms with van der Waals surface area (Å²) in [6, 6.07) is 21.0. The summed E-state index contributed by atoms with van der Waals surface area (Å²) in [4.78, 5) is 34.3. The van der Waals surface area contributed by atoms with Gasteiger partial charge in [0.25, 0.3) is 5.91 Å². The second-order valence-electron chi connectivity index (χ2n) is 13.6. The number of hydrogen-bond donors (Lipinski definition) is 1. The molecule has 2 amide bonds. The van der Waals surface area contributed by atoms with Crippen LogP contribution in [0.4, 0.5) is 18.9 Å². The van der Waals surface area contributed by atoms with Crippen molar-refractivity contribution >= 4 is 17.5 Å². The molecule has 0 radical (unpaired) electrons. The fourth-order valence-corrected chi connectivity index (χ4v) is 8.25. The van der Waals surface area contributed by atoms with Crippen LogP contribution < -0.4 is 15.0 Å². The number of para-hydroxylation sites is 2. The van der Waals surface area contributed by atoms with Crippen molar-refractivity contribution in [2.45, 2.75) is 69.0 Å². The van der Waals surface area contributed by atoms with Gasteiger partial charge in [-0.1, -0.05) is 61.7 Å². The average molecular weight is 661 g/mol. The molecule has 7 rings (SSSR count). The predicted octanol–water partition coefficient (Wildman–Crippen LogP) is 6.69. The number of carbonyl (C=O) groups is 2. The number of carbonyl (C=O) groups excluding carboxylic acids is 2. The topological polar surface area (TPSA) is 65.1 Å². The Morgan fingerprint density at radius 2 is 1.54 bits per heavy atom. The maximum Gasteiger partial charge on any atom is 0.405 e. The van der Waals surface area contributed by atoms with Gasteiger partial charge in [-0.3, -0.25) is 14.5 Å². The molecule has 3 aromatic carbocycles. The summed E-state index contributed by atoms with van der Waals surface area (Å²) < 4.78 is 45.9. The van der Waals surface area contributed by atoms with Crippen LogP contribution in [-0.4, -0.2) is 79.6 Å². The van der Waals surface area contributed by atoms with Gasteiger partial charge in [-0.05, 0) is 68.5 Å². The number of ether oxygens (including phenoxy) is 1. The normalized spacial score (nSPS) is 19.6. The number of benzene rings is 3. The first-order chi connectivity index (χ1) is 23.2. The van der Waals surface area contributed by atoms with Crippen LogP contribution in [0.5, 0.6) is 11.5 Å². The molecule has 1 N–H and O–H groups in total. The maximum atomic E-state index is 13.9. The zero-order valence-corrected chi connectivity index (χ0v) is 27.2. The molecule has 4 aliphatic rings. The smallest absolute Gasteiger partial charge is 0.405 e. The van der Waals surface area contributed by atoms with Crippen molar-refractivity contribution in [2.24, 2.45) is 0 Å². The van der Waals surface area contributed by atoms with Crippen LogP contribution in [0, 0.1) is 0 Å². The molecule has 3 aliphatic heterocycles.